The van der Waals surface area contributed by atoms with Crippen LogP contribution in [0.15, 0.2) is 48.5 Å². The van der Waals surface area contributed by atoms with Gasteiger partial charge in [-0.25, -0.2) is 0 Å². The topological polar surface area (TPSA) is 32.3 Å². The molecule has 2 fully saturated rings. The first kappa shape index (κ1) is 18.8. The molecule has 0 bridgehead atoms. The lowest BCUT2D eigenvalue weighted by Crippen LogP contribution is -2.49. The van der Waals surface area contributed by atoms with Gasteiger partial charge >= 0.3 is 0 Å². The first-order chi connectivity index (χ1) is 12.7. The molecular weight excluding hydrogens is 379 g/mol. The number of rotatable bonds is 2. The summed E-state index contributed by atoms with van der Waals surface area (Å²) in [5.41, 5.74) is 4.01. The van der Waals surface area contributed by atoms with E-state index in [1.54, 1.807) is 0 Å². The van der Waals surface area contributed by atoms with Crippen LogP contribution in [-0.2, 0) is 16.6 Å². The zero-order valence-electron chi connectivity index (χ0n) is 15.2. The number of hydrogen-bond acceptors (Lipinski definition) is 2. The maximum atomic E-state index is 13.5. The Bertz CT molecular complexity index is 871. The minimum atomic E-state index is 0. The third kappa shape index (κ3) is 2.97. The lowest BCUT2D eigenvalue weighted by molar-refractivity contribution is -0.136. The van der Waals surface area contributed by atoms with Gasteiger partial charge in [0.2, 0.25) is 5.91 Å². The van der Waals surface area contributed by atoms with Crippen molar-refractivity contribution in [3.63, 3.8) is 0 Å². The Morgan fingerprint density at radius 1 is 1.15 bits per heavy atom. The largest absolute Gasteiger partial charge is 0.333 e. The summed E-state index contributed by atoms with van der Waals surface area (Å²) in [5, 5.41) is 4.17. The molecule has 1 N–H and O–H groups in total. The van der Waals surface area contributed by atoms with Crippen LogP contribution in [0.2, 0.25) is 5.02 Å². The predicted molar refractivity (Wildman–Crippen MR) is 111 cm³/mol. The van der Waals surface area contributed by atoms with Gasteiger partial charge in [0.15, 0.2) is 0 Å². The van der Waals surface area contributed by atoms with Crippen LogP contribution < -0.4 is 5.32 Å². The Hall–Kier alpha value is -1.55. The number of piperazine rings is 1. The van der Waals surface area contributed by atoms with E-state index in [4.69, 9.17) is 11.6 Å². The minimum Gasteiger partial charge on any atom is -0.333 e. The Balaban J connectivity index is 0.00000180. The summed E-state index contributed by atoms with van der Waals surface area (Å²) in [7, 11) is 0. The van der Waals surface area contributed by atoms with E-state index in [1.165, 1.54) is 11.1 Å². The molecule has 1 spiro atoms. The summed E-state index contributed by atoms with van der Waals surface area (Å²) in [5.74, 6) is 0.447. The summed E-state index contributed by atoms with van der Waals surface area (Å²) < 4.78 is 0. The maximum absolute atomic E-state index is 13.5. The van der Waals surface area contributed by atoms with Crippen molar-refractivity contribution in [2.45, 2.75) is 30.7 Å². The van der Waals surface area contributed by atoms with E-state index in [9.17, 15) is 4.79 Å². The molecule has 0 aromatic heterocycles. The number of hydrogen-bond donors (Lipinski definition) is 1. The molecule has 3 unspecified atom stereocenters. The number of benzene rings is 2. The van der Waals surface area contributed by atoms with E-state index in [0.29, 0.717) is 5.91 Å². The van der Waals surface area contributed by atoms with Crippen molar-refractivity contribution >= 4 is 29.9 Å². The van der Waals surface area contributed by atoms with Gasteiger partial charge in [-0.05, 0) is 42.0 Å². The highest BCUT2D eigenvalue weighted by atomic mass is 35.5. The first-order valence-corrected chi connectivity index (χ1v) is 9.92. The van der Waals surface area contributed by atoms with Crippen LogP contribution >= 0.6 is 24.0 Å². The molecule has 27 heavy (non-hydrogen) atoms. The van der Waals surface area contributed by atoms with E-state index >= 15 is 0 Å². The molecular formula is C22H24Cl2N2O. The smallest absolute Gasteiger partial charge is 0.227 e. The van der Waals surface area contributed by atoms with Crippen molar-refractivity contribution in [1.82, 2.24) is 10.2 Å². The second-order valence-electron chi connectivity index (χ2n) is 7.84. The van der Waals surface area contributed by atoms with Crippen molar-refractivity contribution < 1.29 is 4.79 Å². The molecule has 1 saturated heterocycles. The molecule has 3 aliphatic rings. The Morgan fingerprint density at radius 2 is 1.93 bits per heavy atom. The minimum absolute atomic E-state index is 0. The van der Waals surface area contributed by atoms with Gasteiger partial charge in [-0.15, -0.1) is 12.4 Å². The van der Waals surface area contributed by atoms with Crippen LogP contribution in [0.4, 0.5) is 0 Å². The number of nitrogens with zero attached hydrogens (tertiary/aromatic N) is 1. The number of halogens is 2. The van der Waals surface area contributed by atoms with Crippen LogP contribution in [0.3, 0.4) is 0 Å². The van der Waals surface area contributed by atoms with Crippen LogP contribution in [0.1, 0.15) is 35.6 Å². The number of aryl methyl sites for hydroxylation is 1. The molecule has 1 amide bonds. The van der Waals surface area contributed by atoms with E-state index in [1.807, 2.05) is 24.3 Å². The summed E-state index contributed by atoms with van der Waals surface area (Å²) in [6, 6.07) is 16.6. The fourth-order valence-electron chi connectivity index (χ4n) is 5.11. The van der Waals surface area contributed by atoms with Crippen LogP contribution in [0, 0.1) is 5.92 Å². The Kier molecular flexibility index (Phi) is 4.96. The zero-order chi connectivity index (χ0) is 17.7. The Morgan fingerprint density at radius 3 is 2.78 bits per heavy atom. The molecule has 5 heteroatoms. The van der Waals surface area contributed by atoms with Gasteiger partial charge in [0, 0.05) is 36.0 Å². The number of nitrogens with one attached hydrogen (secondary N) is 1. The molecule has 1 heterocycles. The van der Waals surface area contributed by atoms with Crippen molar-refractivity contribution in [3.8, 4) is 0 Å². The third-order valence-electron chi connectivity index (χ3n) is 6.56. The van der Waals surface area contributed by atoms with E-state index in [2.05, 4.69) is 34.5 Å². The average molecular weight is 403 g/mol. The summed E-state index contributed by atoms with van der Waals surface area (Å²) in [6.45, 7) is 2.37. The number of fused-ring (bicyclic) bond motifs is 2. The van der Waals surface area contributed by atoms with E-state index < -0.39 is 0 Å². The van der Waals surface area contributed by atoms with Crippen molar-refractivity contribution in [2.75, 3.05) is 19.6 Å². The number of carbonyl (C=O) groups excluding carboxylic acids is 1. The van der Waals surface area contributed by atoms with Gasteiger partial charge < -0.3 is 10.2 Å². The number of carbonyl (C=O) groups is 1. The average Bonchev–Trinajstić information content (AvgIpc) is 3.30. The highest BCUT2D eigenvalue weighted by Gasteiger charge is 2.62. The van der Waals surface area contributed by atoms with Crippen LogP contribution in [0.25, 0.3) is 0 Å². The normalized spacial score (nSPS) is 28.6. The second kappa shape index (κ2) is 7.12. The van der Waals surface area contributed by atoms with Gasteiger partial charge in [0.25, 0.3) is 0 Å². The summed E-state index contributed by atoms with van der Waals surface area (Å²) in [4.78, 5) is 15.6. The lowest BCUT2D eigenvalue weighted by atomic mass is 9.94. The standard InChI is InChI=1S/C22H23ClN2O.ClH/c23-19-8-4-2-6-16(19)20-14-24-11-12-25(20)21(26)18-13-22(18)10-9-15-5-1-3-7-17(15)22;/h1-8,18,20,24H,9-14H2;1H. The van der Waals surface area contributed by atoms with Crippen molar-refractivity contribution in [1.29, 1.82) is 0 Å². The molecule has 2 aromatic rings. The highest BCUT2D eigenvalue weighted by Crippen LogP contribution is 2.62. The second-order valence-corrected chi connectivity index (χ2v) is 8.25. The van der Waals surface area contributed by atoms with Gasteiger partial charge in [0.1, 0.15) is 0 Å². The third-order valence-corrected chi connectivity index (χ3v) is 6.90. The van der Waals surface area contributed by atoms with E-state index in [0.717, 1.165) is 49.5 Å². The van der Waals surface area contributed by atoms with Gasteiger partial charge in [0.05, 0.1) is 6.04 Å². The maximum Gasteiger partial charge on any atom is 0.227 e. The van der Waals surface area contributed by atoms with Gasteiger partial charge in [-0.3, -0.25) is 4.79 Å². The summed E-state index contributed by atoms with van der Waals surface area (Å²) in [6.07, 6.45) is 3.23. The SMILES string of the molecule is Cl.O=C(C1CC12CCc1ccccc12)N1CCNCC1c1ccccc1Cl. The fraction of sp³-hybridized carbons (Fsp3) is 0.409. The lowest BCUT2D eigenvalue weighted by Gasteiger charge is -2.37. The van der Waals surface area contributed by atoms with Crippen molar-refractivity contribution in [2.24, 2.45) is 5.92 Å². The Labute approximate surface area is 171 Å². The van der Waals surface area contributed by atoms with Crippen molar-refractivity contribution in [3.05, 3.63) is 70.2 Å². The molecule has 1 saturated carbocycles. The predicted octanol–water partition coefficient (Wildman–Crippen LogP) is 4.14. The van der Waals surface area contributed by atoms with E-state index in [-0.39, 0.29) is 29.8 Å². The fourth-order valence-corrected chi connectivity index (χ4v) is 5.37. The monoisotopic (exact) mass is 402 g/mol. The molecule has 2 aromatic carbocycles. The first-order valence-electron chi connectivity index (χ1n) is 9.55. The molecule has 1 aliphatic heterocycles. The van der Waals surface area contributed by atoms with Gasteiger partial charge in [-0.2, -0.15) is 0 Å². The molecule has 5 rings (SSSR count). The highest BCUT2D eigenvalue weighted by molar-refractivity contribution is 6.31. The van der Waals surface area contributed by atoms with Crippen LogP contribution in [0.5, 0.6) is 0 Å². The molecule has 0 radical (unpaired) electrons. The molecule has 3 nitrogen and oxygen atoms in total. The zero-order valence-corrected chi connectivity index (χ0v) is 16.7. The quantitative estimate of drug-likeness (QED) is 0.818. The molecule has 3 atom stereocenters. The summed E-state index contributed by atoms with van der Waals surface area (Å²) >= 11 is 6.44. The molecule has 2 aliphatic carbocycles. The molecule has 142 valence electrons. The van der Waals surface area contributed by atoms with Gasteiger partial charge in [-0.1, -0.05) is 54.1 Å². The van der Waals surface area contributed by atoms with Crippen LogP contribution in [-0.4, -0.2) is 30.4 Å². The number of amides is 1.